The minimum Gasteiger partial charge on any atom is -0.495 e. The fourth-order valence-electron chi connectivity index (χ4n) is 3.39. The number of hydrogen-bond donors (Lipinski definition) is 2. The lowest BCUT2D eigenvalue weighted by molar-refractivity contribution is -0.124. The number of amides is 3. The molecule has 2 aromatic rings. The third-order valence-corrected chi connectivity index (χ3v) is 5.91. The van der Waals surface area contributed by atoms with Crippen molar-refractivity contribution in [1.82, 2.24) is 10.2 Å². The van der Waals surface area contributed by atoms with Crippen molar-refractivity contribution in [3.8, 4) is 5.75 Å². The summed E-state index contributed by atoms with van der Waals surface area (Å²) in [6.07, 6.45) is -0.137. The van der Waals surface area contributed by atoms with Crippen LogP contribution in [0.2, 0.25) is 10.0 Å². The van der Waals surface area contributed by atoms with Gasteiger partial charge in [-0.05, 0) is 54.7 Å². The van der Waals surface area contributed by atoms with E-state index in [0.29, 0.717) is 27.2 Å². The van der Waals surface area contributed by atoms with Crippen LogP contribution in [-0.4, -0.2) is 54.0 Å². The van der Waals surface area contributed by atoms with Gasteiger partial charge in [0.1, 0.15) is 11.8 Å². The average Bonchev–Trinajstić information content (AvgIpc) is 2.99. The van der Waals surface area contributed by atoms with Gasteiger partial charge in [0.25, 0.3) is 5.91 Å². The number of nitrogens with zero attached hydrogens (tertiary/aromatic N) is 2. The van der Waals surface area contributed by atoms with Crippen molar-refractivity contribution in [2.45, 2.75) is 19.4 Å². The van der Waals surface area contributed by atoms with Crippen molar-refractivity contribution in [2.75, 3.05) is 30.4 Å². The number of hydrogen-bond acceptors (Lipinski definition) is 5. The molecule has 2 aromatic carbocycles. The lowest BCUT2D eigenvalue weighted by Crippen LogP contribution is -2.42. The molecule has 0 aromatic heterocycles. The van der Waals surface area contributed by atoms with Gasteiger partial charge in [0.15, 0.2) is 5.11 Å². The average molecular weight is 509 g/mol. The molecule has 1 saturated heterocycles. The fourth-order valence-corrected chi connectivity index (χ4v) is 4.18. The van der Waals surface area contributed by atoms with Gasteiger partial charge in [-0.3, -0.25) is 19.3 Å². The van der Waals surface area contributed by atoms with Crippen LogP contribution in [0.4, 0.5) is 11.4 Å². The monoisotopic (exact) mass is 508 g/mol. The second-order valence-corrected chi connectivity index (χ2v) is 8.44. The Bertz CT molecular complexity index is 1080. The Kier molecular flexibility index (Phi) is 8.12. The van der Waals surface area contributed by atoms with E-state index in [2.05, 4.69) is 10.6 Å². The zero-order valence-electron chi connectivity index (χ0n) is 17.9. The highest BCUT2D eigenvalue weighted by atomic mass is 35.5. The van der Waals surface area contributed by atoms with Gasteiger partial charge in [0.05, 0.1) is 24.2 Å². The molecule has 1 aliphatic rings. The Morgan fingerprint density at radius 3 is 2.45 bits per heavy atom. The van der Waals surface area contributed by atoms with Gasteiger partial charge < -0.3 is 20.3 Å². The van der Waals surface area contributed by atoms with Crippen molar-refractivity contribution in [2.24, 2.45) is 0 Å². The zero-order chi connectivity index (χ0) is 24.1. The first-order valence-corrected chi connectivity index (χ1v) is 11.2. The SMILES string of the molecule is COc1ccc(N2C(=O)[C@@H](CC(=O)Nc3ccc(Cl)cc3)N(CCNC(C)=O)C2=S)cc1Cl. The standard InChI is InChI=1S/C22H22Cl2N4O4S/c1-13(29)25-9-10-27-18(12-20(30)26-15-5-3-14(23)4-6-15)21(31)28(22(27)33)16-7-8-19(32-2)17(24)11-16/h3-8,11,18H,9-10,12H2,1-2H3,(H,25,29)(H,26,30)/t18-/m1/s1. The van der Waals surface area contributed by atoms with Gasteiger partial charge in [-0.1, -0.05) is 23.2 Å². The van der Waals surface area contributed by atoms with Crippen LogP contribution in [0.1, 0.15) is 13.3 Å². The lowest BCUT2D eigenvalue weighted by atomic mass is 10.1. The zero-order valence-corrected chi connectivity index (χ0v) is 20.3. The Hall–Kier alpha value is -2.88. The number of thiocarbonyl (C=S) groups is 1. The molecule has 33 heavy (non-hydrogen) atoms. The maximum Gasteiger partial charge on any atom is 0.256 e. The molecule has 3 rings (SSSR count). The largest absolute Gasteiger partial charge is 0.495 e. The first kappa shape index (κ1) is 24.8. The molecule has 0 unspecified atom stereocenters. The second-order valence-electron chi connectivity index (χ2n) is 7.23. The van der Waals surface area contributed by atoms with Crippen LogP contribution in [0.3, 0.4) is 0 Å². The molecule has 11 heteroatoms. The van der Waals surface area contributed by atoms with Crippen molar-refractivity contribution < 1.29 is 19.1 Å². The summed E-state index contributed by atoms with van der Waals surface area (Å²) in [7, 11) is 1.49. The van der Waals surface area contributed by atoms with Crippen LogP contribution in [-0.2, 0) is 14.4 Å². The van der Waals surface area contributed by atoms with Crippen LogP contribution in [0, 0.1) is 0 Å². The number of methoxy groups -OCH3 is 1. The summed E-state index contributed by atoms with van der Waals surface area (Å²) in [5.41, 5.74) is 1.02. The van der Waals surface area contributed by atoms with E-state index in [9.17, 15) is 14.4 Å². The maximum atomic E-state index is 13.4. The number of benzene rings is 2. The van der Waals surface area contributed by atoms with Crippen LogP contribution in [0.15, 0.2) is 42.5 Å². The van der Waals surface area contributed by atoms with E-state index in [0.717, 1.165) is 0 Å². The van der Waals surface area contributed by atoms with E-state index in [1.807, 2.05) is 0 Å². The smallest absolute Gasteiger partial charge is 0.256 e. The van der Waals surface area contributed by atoms with Crippen LogP contribution in [0.5, 0.6) is 5.75 Å². The number of nitrogens with one attached hydrogen (secondary N) is 2. The van der Waals surface area contributed by atoms with Crippen molar-refractivity contribution in [3.63, 3.8) is 0 Å². The molecule has 0 bridgehead atoms. The van der Waals surface area contributed by atoms with Crippen molar-refractivity contribution >= 4 is 69.6 Å². The third-order valence-electron chi connectivity index (χ3n) is 4.95. The Morgan fingerprint density at radius 1 is 1.15 bits per heavy atom. The molecule has 2 N–H and O–H groups in total. The summed E-state index contributed by atoms with van der Waals surface area (Å²) in [4.78, 5) is 40.3. The van der Waals surface area contributed by atoms with Crippen molar-refractivity contribution in [3.05, 3.63) is 52.5 Å². The Balaban J connectivity index is 1.83. The van der Waals surface area contributed by atoms with E-state index in [4.69, 9.17) is 40.2 Å². The molecule has 3 amide bonds. The maximum absolute atomic E-state index is 13.4. The fraction of sp³-hybridized carbons (Fsp3) is 0.273. The number of ether oxygens (including phenoxy) is 1. The number of rotatable bonds is 8. The van der Waals surface area contributed by atoms with Gasteiger partial charge >= 0.3 is 0 Å². The van der Waals surface area contributed by atoms with E-state index in [1.165, 1.54) is 18.9 Å². The predicted octanol–water partition coefficient (Wildman–Crippen LogP) is 3.47. The number of anilines is 2. The Morgan fingerprint density at radius 2 is 1.85 bits per heavy atom. The highest BCUT2D eigenvalue weighted by molar-refractivity contribution is 7.80. The molecule has 1 aliphatic heterocycles. The van der Waals surface area contributed by atoms with E-state index >= 15 is 0 Å². The van der Waals surface area contributed by atoms with Crippen LogP contribution < -0.4 is 20.3 Å². The number of carbonyl (C=O) groups is 3. The highest BCUT2D eigenvalue weighted by Crippen LogP contribution is 2.33. The number of halogens is 2. The summed E-state index contributed by atoms with van der Waals surface area (Å²) >= 11 is 17.7. The molecule has 0 spiro atoms. The molecule has 0 aliphatic carbocycles. The topological polar surface area (TPSA) is 91.0 Å². The normalized spacial score (nSPS) is 15.6. The van der Waals surface area contributed by atoms with Gasteiger partial charge in [-0.15, -0.1) is 0 Å². The molecule has 1 heterocycles. The summed E-state index contributed by atoms with van der Waals surface area (Å²) in [5, 5.41) is 6.53. The third kappa shape index (κ3) is 5.93. The first-order chi connectivity index (χ1) is 15.7. The minimum atomic E-state index is -0.848. The summed E-state index contributed by atoms with van der Waals surface area (Å²) < 4.78 is 5.17. The molecular formula is C22H22Cl2N4O4S. The molecule has 0 radical (unpaired) electrons. The van der Waals surface area contributed by atoms with Gasteiger partial charge in [0, 0.05) is 30.7 Å². The first-order valence-electron chi connectivity index (χ1n) is 9.99. The van der Waals surface area contributed by atoms with Gasteiger partial charge in [-0.2, -0.15) is 0 Å². The second kappa shape index (κ2) is 10.8. The Labute approximate surface area is 206 Å². The molecule has 174 valence electrons. The summed E-state index contributed by atoms with van der Waals surface area (Å²) in [6, 6.07) is 10.7. The van der Waals surface area contributed by atoms with Gasteiger partial charge in [0.2, 0.25) is 11.8 Å². The van der Waals surface area contributed by atoms with Crippen molar-refractivity contribution in [1.29, 1.82) is 0 Å². The van der Waals surface area contributed by atoms with Crippen LogP contribution >= 0.6 is 35.4 Å². The van der Waals surface area contributed by atoms with E-state index in [-0.39, 0.29) is 42.3 Å². The molecule has 8 nitrogen and oxygen atoms in total. The lowest BCUT2D eigenvalue weighted by Gasteiger charge is -2.24. The molecule has 0 saturated carbocycles. The van der Waals surface area contributed by atoms with Crippen LogP contribution in [0.25, 0.3) is 0 Å². The van der Waals surface area contributed by atoms with E-state index in [1.54, 1.807) is 47.4 Å². The summed E-state index contributed by atoms with van der Waals surface area (Å²) in [6.45, 7) is 1.91. The summed E-state index contributed by atoms with van der Waals surface area (Å²) in [5.74, 6) is -0.477. The molecule has 1 fully saturated rings. The number of carbonyl (C=O) groups excluding carboxylic acids is 3. The predicted molar refractivity (Wildman–Crippen MR) is 132 cm³/mol. The molecular weight excluding hydrogens is 487 g/mol. The molecule has 1 atom stereocenters. The van der Waals surface area contributed by atoms with E-state index < -0.39 is 6.04 Å². The highest BCUT2D eigenvalue weighted by Gasteiger charge is 2.44. The quantitative estimate of drug-likeness (QED) is 0.530. The van der Waals surface area contributed by atoms with Gasteiger partial charge in [-0.25, -0.2) is 0 Å². The minimum absolute atomic E-state index is 0.137.